The summed E-state index contributed by atoms with van der Waals surface area (Å²) in [7, 11) is 1.45. The zero-order chi connectivity index (χ0) is 27.2. The van der Waals surface area contributed by atoms with Gasteiger partial charge in [-0.1, -0.05) is 0 Å². The van der Waals surface area contributed by atoms with Gasteiger partial charge in [0.1, 0.15) is 47.4 Å². The average molecular weight is 538 g/mol. The third-order valence-electron chi connectivity index (χ3n) is 6.06. The molecule has 0 aliphatic carbocycles. The van der Waals surface area contributed by atoms with Crippen LogP contribution in [0.25, 0.3) is 11.3 Å². The molecule has 0 saturated carbocycles. The molecule has 0 unspecified atom stereocenters. The molecule has 9 nitrogen and oxygen atoms in total. The van der Waals surface area contributed by atoms with Crippen LogP contribution in [0.2, 0.25) is 0 Å². The van der Waals surface area contributed by atoms with E-state index in [2.05, 4.69) is 20.5 Å². The smallest absolute Gasteiger partial charge is 0.274 e. The number of carbonyl (C=O) groups excluding carboxylic acids is 1. The number of ether oxygens (including phenoxy) is 3. The predicted molar refractivity (Wildman–Crippen MR) is 129 cm³/mol. The van der Waals surface area contributed by atoms with Gasteiger partial charge < -0.3 is 25.3 Å². The van der Waals surface area contributed by atoms with E-state index < -0.39 is 46.8 Å². The molecule has 0 spiro atoms. The minimum Gasteiger partial charge on any atom is -0.491 e. The zero-order valence-electron chi connectivity index (χ0n) is 20.5. The lowest BCUT2D eigenvalue weighted by Crippen LogP contribution is -2.32. The number of halogens is 4. The summed E-state index contributed by atoms with van der Waals surface area (Å²) >= 11 is 0. The van der Waals surface area contributed by atoms with Gasteiger partial charge in [-0.15, -0.1) is 0 Å². The zero-order valence-corrected chi connectivity index (χ0v) is 20.5. The lowest BCUT2D eigenvalue weighted by molar-refractivity contribution is 0.0295. The highest BCUT2D eigenvalue weighted by Crippen LogP contribution is 2.31. The van der Waals surface area contributed by atoms with Crippen LogP contribution in [0, 0.1) is 17.5 Å². The number of aromatic amines is 1. The summed E-state index contributed by atoms with van der Waals surface area (Å²) in [5, 5.41) is 9.30. The number of anilines is 1. The summed E-state index contributed by atoms with van der Waals surface area (Å²) in [6.45, 7) is 0.137. The molecule has 38 heavy (non-hydrogen) atoms. The first kappa shape index (κ1) is 27.5. The van der Waals surface area contributed by atoms with Crippen molar-refractivity contribution in [3.8, 4) is 17.0 Å². The Kier molecular flexibility index (Phi) is 8.92. The number of aromatic nitrogens is 3. The van der Waals surface area contributed by atoms with Crippen molar-refractivity contribution in [2.45, 2.75) is 37.6 Å². The van der Waals surface area contributed by atoms with Crippen molar-refractivity contribution in [2.75, 3.05) is 32.2 Å². The third kappa shape index (κ3) is 6.47. The highest BCUT2D eigenvalue weighted by atomic mass is 19.1. The van der Waals surface area contributed by atoms with Crippen molar-refractivity contribution in [3.63, 3.8) is 0 Å². The maximum atomic E-state index is 14.8. The molecular weight excluding hydrogens is 510 g/mol. The molecule has 13 heteroatoms. The van der Waals surface area contributed by atoms with Gasteiger partial charge in [0.25, 0.3) is 5.91 Å². The Labute approximate surface area is 215 Å². The monoisotopic (exact) mass is 537 g/mol. The summed E-state index contributed by atoms with van der Waals surface area (Å²) in [4.78, 5) is 16.8. The third-order valence-corrected chi connectivity index (χ3v) is 6.06. The van der Waals surface area contributed by atoms with Crippen LogP contribution in [0.4, 0.5) is 23.2 Å². The lowest BCUT2D eigenvalue weighted by Gasteiger charge is -2.15. The number of pyridine rings is 1. The average Bonchev–Trinajstić information content (AvgIpc) is 3.25. The van der Waals surface area contributed by atoms with Crippen LogP contribution in [0.5, 0.6) is 5.75 Å². The van der Waals surface area contributed by atoms with Gasteiger partial charge >= 0.3 is 0 Å². The Morgan fingerprint density at radius 1 is 1.18 bits per heavy atom. The van der Waals surface area contributed by atoms with Crippen LogP contribution >= 0.6 is 0 Å². The van der Waals surface area contributed by atoms with Crippen molar-refractivity contribution in [3.05, 3.63) is 59.3 Å². The molecule has 4 N–H and O–H groups in total. The van der Waals surface area contributed by atoms with E-state index in [-0.39, 0.29) is 37.4 Å². The molecule has 1 aliphatic heterocycles. The Balaban J connectivity index is 1.50. The molecule has 4 rings (SSSR count). The Bertz CT molecular complexity index is 1240. The van der Waals surface area contributed by atoms with E-state index in [0.29, 0.717) is 30.6 Å². The number of nitrogens with one attached hydrogen (secondary N) is 2. The number of alkyl halides is 1. The van der Waals surface area contributed by atoms with E-state index >= 15 is 0 Å². The number of nitrogens with two attached hydrogens (primary N) is 1. The number of methoxy groups -OCH3 is 1. The number of benzene rings is 1. The molecule has 3 aromatic rings. The van der Waals surface area contributed by atoms with Gasteiger partial charge in [0.05, 0.1) is 42.5 Å². The van der Waals surface area contributed by atoms with Crippen molar-refractivity contribution in [1.29, 1.82) is 0 Å². The van der Waals surface area contributed by atoms with Crippen LogP contribution in [0.1, 0.15) is 29.0 Å². The summed E-state index contributed by atoms with van der Waals surface area (Å²) < 4.78 is 73.5. The maximum absolute atomic E-state index is 14.8. The number of nitrogens with zero attached hydrogens (tertiary/aromatic N) is 2. The molecule has 3 atom stereocenters. The van der Waals surface area contributed by atoms with E-state index in [1.54, 1.807) is 0 Å². The Morgan fingerprint density at radius 3 is 2.68 bits per heavy atom. The van der Waals surface area contributed by atoms with E-state index in [0.717, 1.165) is 24.3 Å². The topological polar surface area (TPSA) is 124 Å². The normalized spacial score (nSPS) is 19.7. The standard InChI is InChI=1S/C25H27F4N5O4/c1-36-6-7-37-14-8-16(27)23(17(28)9-14)24-15(26)3-5-20(32-24)25(35)33-22-11-31-34-21(22)10-13-2-4-19(30)18(29)12-38-13/h3,5,8-9,11,13,18-19H,2,4,6-7,10,12,30H2,1H3,(H,31,34)(H,33,35)/t13-,18-,19+/m0/s1. The van der Waals surface area contributed by atoms with Gasteiger partial charge in [0.15, 0.2) is 0 Å². The number of hydrogen-bond acceptors (Lipinski definition) is 7. The molecule has 1 fully saturated rings. The molecule has 3 heterocycles. The minimum absolute atomic E-state index is 0.0593. The molecule has 2 aromatic heterocycles. The highest BCUT2D eigenvalue weighted by molar-refractivity contribution is 6.03. The molecule has 0 bridgehead atoms. The van der Waals surface area contributed by atoms with Crippen molar-refractivity contribution < 1.29 is 36.6 Å². The number of hydrogen-bond donors (Lipinski definition) is 3. The first-order chi connectivity index (χ1) is 18.3. The molecule has 1 aromatic carbocycles. The fraction of sp³-hybridized carbons (Fsp3) is 0.400. The summed E-state index contributed by atoms with van der Waals surface area (Å²) in [6.07, 6.45) is 1.02. The quantitative estimate of drug-likeness (QED) is 0.282. The lowest BCUT2D eigenvalue weighted by atomic mass is 10.0. The second-order valence-electron chi connectivity index (χ2n) is 8.76. The molecule has 204 valence electrons. The largest absolute Gasteiger partial charge is 0.491 e. The highest BCUT2D eigenvalue weighted by Gasteiger charge is 2.27. The van der Waals surface area contributed by atoms with Gasteiger partial charge in [-0.3, -0.25) is 9.89 Å². The van der Waals surface area contributed by atoms with Gasteiger partial charge in [0.2, 0.25) is 0 Å². The van der Waals surface area contributed by atoms with Crippen LogP contribution in [0.3, 0.4) is 0 Å². The van der Waals surface area contributed by atoms with Crippen LogP contribution in [-0.2, 0) is 15.9 Å². The minimum atomic E-state index is -1.26. The van der Waals surface area contributed by atoms with Gasteiger partial charge in [-0.05, 0) is 25.0 Å². The second-order valence-corrected chi connectivity index (χ2v) is 8.76. The van der Waals surface area contributed by atoms with Crippen molar-refractivity contribution in [2.24, 2.45) is 5.73 Å². The van der Waals surface area contributed by atoms with Gasteiger partial charge in [0, 0.05) is 31.7 Å². The van der Waals surface area contributed by atoms with Gasteiger partial charge in [-0.25, -0.2) is 22.5 Å². The molecule has 1 aliphatic rings. The number of rotatable bonds is 9. The van der Waals surface area contributed by atoms with Crippen LogP contribution in [-0.4, -0.2) is 66.3 Å². The summed E-state index contributed by atoms with van der Waals surface area (Å²) in [5.41, 5.74) is 4.87. The molecule has 1 amide bonds. The predicted octanol–water partition coefficient (Wildman–Crippen LogP) is 3.55. The number of carbonyl (C=O) groups is 1. The number of amides is 1. The van der Waals surface area contributed by atoms with Crippen molar-refractivity contribution >= 4 is 11.6 Å². The number of H-pyrrole nitrogens is 1. The van der Waals surface area contributed by atoms with Crippen molar-refractivity contribution in [1.82, 2.24) is 15.2 Å². The maximum Gasteiger partial charge on any atom is 0.274 e. The first-order valence-electron chi connectivity index (χ1n) is 11.9. The fourth-order valence-electron chi connectivity index (χ4n) is 3.99. The molecular formula is C25H27F4N5O4. The molecule has 1 saturated heterocycles. The first-order valence-corrected chi connectivity index (χ1v) is 11.9. The van der Waals surface area contributed by atoms with Crippen LogP contribution < -0.4 is 15.8 Å². The molecule has 0 radical (unpaired) electrons. The second kappa shape index (κ2) is 12.3. The Morgan fingerprint density at radius 2 is 1.95 bits per heavy atom. The SMILES string of the molecule is COCCOc1cc(F)c(-c2nc(C(=O)Nc3cn[nH]c3C[C@@H]3CC[C@@H](N)[C@@H](F)CO3)ccc2F)c(F)c1. The summed E-state index contributed by atoms with van der Waals surface area (Å²) in [6, 6.07) is 3.17. The fourth-order valence-corrected chi connectivity index (χ4v) is 3.99. The van der Waals surface area contributed by atoms with E-state index in [9.17, 15) is 22.4 Å². The van der Waals surface area contributed by atoms with Gasteiger partial charge in [-0.2, -0.15) is 5.10 Å². The summed E-state index contributed by atoms with van der Waals surface area (Å²) in [5.74, 6) is -4.12. The van der Waals surface area contributed by atoms with Crippen LogP contribution in [0.15, 0.2) is 30.5 Å². The Hall–Kier alpha value is -3.55. The van der Waals surface area contributed by atoms with E-state index in [4.69, 9.17) is 19.9 Å². The van der Waals surface area contributed by atoms with E-state index in [1.165, 1.54) is 13.3 Å². The van der Waals surface area contributed by atoms with E-state index in [1.807, 2.05) is 0 Å².